The first-order valence-electron chi connectivity index (χ1n) is 8.56. The number of rotatable bonds is 5. The van der Waals surface area contributed by atoms with Gasteiger partial charge >= 0.3 is 0 Å². The molecule has 0 fully saturated rings. The number of carbonyl (C=O) groups excluding carboxylic acids is 1. The average molecular weight is 333 g/mol. The molecule has 1 N–H and O–H groups in total. The Labute approximate surface area is 148 Å². The summed E-state index contributed by atoms with van der Waals surface area (Å²) < 4.78 is 1.98. The Hall–Kier alpha value is -2.65. The zero-order valence-corrected chi connectivity index (χ0v) is 14.9. The van der Waals surface area contributed by atoms with E-state index < -0.39 is 0 Å². The fourth-order valence-electron chi connectivity index (χ4n) is 3.20. The summed E-state index contributed by atoms with van der Waals surface area (Å²) >= 11 is 0. The molecular formula is C22H23NO2. The van der Waals surface area contributed by atoms with Crippen LogP contribution in [-0.2, 0) is 6.61 Å². The number of aryl methyl sites for hydroxylation is 1. The Morgan fingerprint density at radius 2 is 1.96 bits per heavy atom. The molecule has 25 heavy (non-hydrogen) atoms. The molecule has 2 aromatic carbocycles. The standard InChI is InChI=1S/C22H23NO2/c1-4-15(2)9-22-16(3)10-20(14-25)23(22)19-11-17-7-5-6-8-21(17)18(12-19)13-24/h5-12,14,24H,4,13H2,1-3H3/b15-9+. The molecule has 0 aliphatic heterocycles. The third-order valence-corrected chi connectivity index (χ3v) is 4.69. The summed E-state index contributed by atoms with van der Waals surface area (Å²) in [6.45, 7) is 6.20. The zero-order chi connectivity index (χ0) is 18.0. The van der Waals surface area contributed by atoms with E-state index in [1.54, 1.807) is 0 Å². The molecule has 3 nitrogen and oxygen atoms in total. The normalized spacial score (nSPS) is 11.9. The number of aliphatic hydroxyl groups is 1. The number of hydrogen-bond donors (Lipinski definition) is 1. The highest BCUT2D eigenvalue weighted by molar-refractivity contribution is 5.88. The number of allylic oxidation sites excluding steroid dienone is 1. The molecular weight excluding hydrogens is 310 g/mol. The predicted octanol–water partition coefficient (Wildman–Crippen LogP) is 5.06. The van der Waals surface area contributed by atoms with Crippen molar-refractivity contribution >= 4 is 23.1 Å². The number of aromatic nitrogens is 1. The molecule has 128 valence electrons. The Balaban J connectivity index is 2.32. The molecule has 3 rings (SSSR count). The van der Waals surface area contributed by atoms with Gasteiger partial charge in [-0.1, -0.05) is 36.8 Å². The van der Waals surface area contributed by atoms with Crippen LogP contribution >= 0.6 is 0 Å². The van der Waals surface area contributed by atoms with Gasteiger partial charge in [0, 0.05) is 11.4 Å². The van der Waals surface area contributed by atoms with Crippen LogP contribution in [-0.4, -0.2) is 16.0 Å². The fourth-order valence-corrected chi connectivity index (χ4v) is 3.20. The molecule has 0 saturated heterocycles. The maximum atomic E-state index is 11.6. The first-order chi connectivity index (χ1) is 12.1. The lowest BCUT2D eigenvalue weighted by Crippen LogP contribution is -2.03. The lowest BCUT2D eigenvalue weighted by molar-refractivity contribution is 0.111. The van der Waals surface area contributed by atoms with Crippen molar-refractivity contribution in [2.75, 3.05) is 0 Å². The summed E-state index contributed by atoms with van der Waals surface area (Å²) in [6.07, 6.45) is 3.98. The summed E-state index contributed by atoms with van der Waals surface area (Å²) in [5.74, 6) is 0. The highest BCUT2D eigenvalue weighted by Crippen LogP contribution is 2.28. The molecule has 0 saturated carbocycles. The number of nitrogens with zero attached hydrogens (tertiary/aromatic N) is 1. The van der Waals surface area contributed by atoms with Crippen LogP contribution < -0.4 is 0 Å². The number of aldehydes is 1. The van der Waals surface area contributed by atoms with Crippen molar-refractivity contribution in [1.29, 1.82) is 0 Å². The van der Waals surface area contributed by atoms with E-state index in [0.29, 0.717) is 5.69 Å². The van der Waals surface area contributed by atoms with Crippen LogP contribution in [0.3, 0.4) is 0 Å². The summed E-state index contributed by atoms with van der Waals surface area (Å²) in [7, 11) is 0. The molecule has 0 bridgehead atoms. The third kappa shape index (κ3) is 3.15. The predicted molar refractivity (Wildman–Crippen MR) is 103 cm³/mol. The number of benzene rings is 2. The highest BCUT2D eigenvalue weighted by atomic mass is 16.3. The van der Waals surface area contributed by atoms with E-state index in [9.17, 15) is 9.90 Å². The lowest BCUT2D eigenvalue weighted by Gasteiger charge is -2.14. The number of fused-ring (bicyclic) bond motifs is 1. The van der Waals surface area contributed by atoms with E-state index >= 15 is 0 Å². The van der Waals surface area contributed by atoms with Crippen LogP contribution in [0.4, 0.5) is 0 Å². The summed E-state index contributed by atoms with van der Waals surface area (Å²) in [6, 6.07) is 13.9. The molecule has 0 aliphatic carbocycles. The van der Waals surface area contributed by atoms with Crippen molar-refractivity contribution in [3.63, 3.8) is 0 Å². The molecule has 0 spiro atoms. The van der Waals surface area contributed by atoms with Crippen molar-refractivity contribution in [1.82, 2.24) is 4.57 Å². The van der Waals surface area contributed by atoms with Crippen molar-refractivity contribution in [3.8, 4) is 5.69 Å². The lowest BCUT2D eigenvalue weighted by atomic mass is 10.0. The smallest absolute Gasteiger partial charge is 0.166 e. The van der Waals surface area contributed by atoms with Gasteiger partial charge < -0.3 is 9.67 Å². The fraction of sp³-hybridized carbons (Fsp3) is 0.227. The number of aliphatic hydroxyl groups excluding tert-OH is 1. The van der Waals surface area contributed by atoms with Gasteiger partial charge in [0.25, 0.3) is 0 Å². The van der Waals surface area contributed by atoms with Crippen LogP contribution in [0.15, 0.2) is 48.0 Å². The van der Waals surface area contributed by atoms with E-state index in [0.717, 1.165) is 46.0 Å². The second-order valence-corrected chi connectivity index (χ2v) is 6.42. The molecule has 0 atom stereocenters. The number of carbonyl (C=O) groups is 1. The minimum absolute atomic E-state index is 0.0375. The summed E-state index contributed by atoms with van der Waals surface area (Å²) in [5, 5.41) is 11.9. The maximum absolute atomic E-state index is 11.6. The Morgan fingerprint density at radius 3 is 2.64 bits per heavy atom. The van der Waals surface area contributed by atoms with Crippen LogP contribution in [0.25, 0.3) is 22.5 Å². The SMILES string of the molecule is CC/C(C)=C/c1c(C)cc(C=O)n1-c1cc(CO)c2ccccc2c1. The molecule has 3 aromatic rings. The van der Waals surface area contributed by atoms with E-state index in [4.69, 9.17) is 0 Å². The van der Waals surface area contributed by atoms with Gasteiger partial charge in [-0.25, -0.2) is 0 Å². The van der Waals surface area contributed by atoms with Gasteiger partial charge in [-0.2, -0.15) is 0 Å². The van der Waals surface area contributed by atoms with Gasteiger partial charge in [0.15, 0.2) is 6.29 Å². The Morgan fingerprint density at radius 1 is 1.20 bits per heavy atom. The van der Waals surface area contributed by atoms with Crippen molar-refractivity contribution in [2.45, 2.75) is 33.8 Å². The van der Waals surface area contributed by atoms with Crippen LogP contribution in [0.5, 0.6) is 0 Å². The maximum Gasteiger partial charge on any atom is 0.166 e. The van der Waals surface area contributed by atoms with Crippen molar-refractivity contribution in [2.24, 2.45) is 0 Å². The van der Waals surface area contributed by atoms with Crippen LogP contribution in [0.1, 0.15) is 47.6 Å². The van der Waals surface area contributed by atoms with E-state index in [1.807, 2.05) is 47.9 Å². The van der Waals surface area contributed by atoms with Gasteiger partial charge in [0.2, 0.25) is 0 Å². The average Bonchev–Trinajstić information content (AvgIpc) is 2.96. The minimum atomic E-state index is -0.0375. The van der Waals surface area contributed by atoms with Gasteiger partial charge in [-0.3, -0.25) is 4.79 Å². The topological polar surface area (TPSA) is 42.2 Å². The Kier molecular flexibility index (Phi) is 4.86. The molecule has 0 unspecified atom stereocenters. The molecule has 0 radical (unpaired) electrons. The Bertz CT molecular complexity index is 964. The second-order valence-electron chi connectivity index (χ2n) is 6.42. The van der Waals surface area contributed by atoms with E-state index in [2.05, 4.69) is 26.0 Å². The minimum Gasteiger partial charge on any atom is -0.392 e. The van der Waals surface area contributed by atoms with Gasteiger partial charge in [-0.15, -0.1) is 0 Å². The van der Waals surface area contributed by atoms with Gasteiger partial charge in [0.1, 0.15) is 0 Å². The van der Waals surface area contributed by atoms with Crippen LogP contribution in [0.2, 0.25) is 0 Å². The van der Waals surface area contributed by atoms with Gasteiger partial charge in [0.05, 0.1) is 12.3 Å². The highest BCUT2D eigenvalue weighted by Gasteiger charge is 2.14. The van der Waals surface area contributed by atoms with Crippen LogP contribution in [0, 0.1) is 6.92 Å². The molecule has 0 amide bonds. The third-order valence-electron chi connectivity index (χ3n) is 4.69. The molecule has 0 aliphatic rings. The summed E-state index contributed by atoms with van der Waals surface area (Å²) in [4.78, 5) is 11.6. The van der Waals surface area contributed by atoms with E-state index in [-0.39, 0.29) is 6.61 Å². The van der Waals surface area contributed by atoms with Crippen molar-refractivity contribution in [3.05, 3.63) is 70.6 Å². The monoisotopic (exact) mass is 333 g/mol. The number of hydrogen-bond acceptors (Lipinski definition) is 2. The first-order valence-corrected chi connectivity index (χ1v) is 8.56. The van der Waals surface area contributed by atoms with E-state index in [1.165, 1.54) is 5.57 Å². The molecule has 1 aromatic heterocycles. The molecule has 3 heteroatoms. The largest absolute Gasteiger partial charge is 0.392 e. The first kappa shape index (κ1) is 17.2. The molecule has 1 heterocycles. The quantitative estimate of drug-likeness (QED) is 0.663. The summed E-state index contributed by atoms with van der Waals surface area (Å²) in [5.41, 5.74) is 5.70. The van der Waals surface area contributed by atoms with Crippen molar-refractivity contribution < 1.29 is 9.90 Å². The second kappa shape index (κ2) is 7.08. The van der Waals surface area contributed by atoms with Gasteiger partial charge in [-0.05, 0) is 66.4 Å². The zero-order valence-electron chi connectivity index (χ0n) is 14.9.